The number of anilines is 1. The van der Waals surface area contributed by atoms with Crippen molar-refractivity contribution in [1.29, 1.82) is 0 Å². The summed E-state index contributed by atoms with van der Waals surface area (Å²) in [5.41, 5.74) is 0.281. The third-order valence-electron chi connectivity index (χ3n) is 1.76. The van der Waals surface area contributed by atoms with Crippen LogP contribution in [0, 0.1) is 0 Å². The average molecular weight is 303 g/mol. The minimum Gasteiger partial charge on any atom is -0.282 e. The van der Waals surface area contributed by atoms with Gasteiger partial charge >= 0.3 is 0 Å². The van der Waals surface area contributed by atoms with Crippen LogP contribution in [-0.4, -0.2) is 20.1 Å². The molecule has 0 aliphatic heterocycles. The molecule has 3 nitrogen and oxygen atoms in total. The first-order valence-corrected chi connectivity index (χ1v) is 7.41. The molecule has 0 aromatic heterocycles. The van der Waals surface area contributed by atoms with Gasteiger partial charge < -0.3 is 0 Å². The van der Waals surface area contributed by atoms with Crippen LogP contribution >= 0.6 is 34.8 Å². The zero-order valence-electron chi connectivity index (χ0n) is 8.21. The van der Waals surface area contributed by atoms with Crippen LogP contribution in [0.3, 0.4) is 0 Å². The van der Waals surface area contributed by atoms with Crippen LogP contribution in [0.15, 0.2) is 18.2 Å². The van der Waals surface area contributed by atoms with Crippen LogP contribution in [0.4, 0.5) is 5.69 Å². The van der Waals surface area contributed by atoms with E-state index in [4.69, 9.17) is 34.8 Å². The number of halogens is 3. The molecule has 0 radical (unpaired) electrons. The lowest BCUT2D eigenvalue weighted by Gasteiger charge is -2.09. The van der Waals surface area contributed by atoms with Crippen LogP contribution in [0.5, 0.6) is 0 Å². The van der Waals surface area contributed by atoms with Crippen molar-refractivity contribution in [2.75, 3.05) is 16.4 Å². The second-order valence-corrected chi connectivity index (χ2v) is 6.07. The number of sulfonamides is 1. The number of rotatable bonds is 5. The fourth-order valence-corrected chi connectivity index (χ4v) is 2.87. The van der Waals surface area contributed by atoms with E-state index in [1.54, 1.807) is 18.2 Å². The summed E-state index contributed by atoms with van der Waals surface area (Å²) in [6, 6.07) is 4.75. The molecule has 0 saturated heterocycles. The Bertz CT molecular complexity index is 462. The maximum absolute atomic E-state index is 11.6. The molecular formula is C9H10Cl3NO2S. The van der Waals surface area contributed by atoms with Crippen molar-refractivity contribution >= 4 is 50.5 Å². The Morgan fingerprint density at radius 2 is 1.94 bits per heavy atom. The van der Waals surface area contributed by atoms with Gasteiger partial charge in [-0.05, 0) is 18.6 Å². The molecule has 0 fully saturated rings. The number of alkyl halides is 1. The molecule has 1 aromatic carbocycles. The average Bonchev–Trinajstić information content (AvgIpc) is 2.22. The summed E-state index contributed by atoms with van der Waals surface area (Å²) in [4.78, 5) is 0. The van der Waals surface area contributed by atoms with E-state index in [1.165, 1.54) is 0 Å². The molecule has 1 rings (SSSR count). The SMILES string of the molecule is O=S(=O)(CCCCl)Nc1cccc(Cl)c1Cl. The first-order chi connectivity index (χ1) is 7.46. The molecule has 0 atom stereocenters. The Morgan fingerprint density at radius 3 is 2.56 bits per heavy atom. The zero-order valence-corrected chi connectivity index (χ0v) is 11.3. The van der Waals surface area contributed by atoms with Gasteiger partial charge in [0.1, 0.15) is 0 Å². The highest BCUT2D eigenvalue weighted by Gasteiger charge is 2.13. The quantitative estimate of drug-likeness (QED) is 0.848. The molecule has 0 spiro atoms. The van der Waals surface area contributed by atoms with Gasteiger partial charge in [-0.25, -0.2) is 8.42 Å². The van der Waals surface area contributed by atoms with Crippen LogP contribution < -0.4 is 4.72 Å². The first-order valence-electron chi connectivity index (χ1n) is 4.47. The minimum atomic E-state index is -3.41. The predicted molar refractivity (Wildman–Crippen MR) is 69.2 cm³/mol. The van der Waals surface area contributed by atoms with Gasteiger partial charge in [0, 0.05) is 5.88 Å². The van der Waals surface area contributed by atoms with Gasteiger partial charge in [-0.15, -0.1) is 11.6 Å². The number of benzene rings is 1. The Morgan fingerprint density at radius 1 is 1.25 bits per heavy atom. The molecule has 0 amide bonds. The summed E-state index contributed by atoms with van der Waals surface area (Å²) in [6.45, 7) is 0. The third kappa shape index (κ3) is 4.01. The Kier molecular flexibility index (Phi) is 5.18. The van der Waals surface area contributed by atoms with E-state index in [0.717, 1.165) is 0 Å². The van der Waals surface area contributed by atoms with E-state index in [2.05, 4.69) is 4.72 Å². The predicted octanol–water partition coefficient (Wildman–Crippen LogP) is 3.36. The van der Waals surface area contributed by atoms with Crippen molar-refractivity contribution in [3.8, 4) is 0 Å². The molecule has 0 bridgehead atoms. The van der Waals surface area contributed by atoms with Gasteiger partial charge in [-0.1, -0.05) is 29.3 Å². The summed E-state index contributed by atoms with van der Waals surface area (Å²) in [7, 11) is -3.41. The van der Waals surface area contributed by atoms with Crippen LogP contribution in [0.2, 0.25) is 10.0 Å². The van der Waals surface area contributed by atoms with E-state index in [0.29, 0.717) is 17.3 Å². The molecule has 1 aromatic rings. The van der Waals surface area contributed by atoms with Gasteiger partial charge in [-0.3, -0.25) is 4.72 Å². The molecule has 0 unspecified atom stereocenters. The van der Waals surface area contributed by atoms with E-state index in [-0.39, 0.29) is 16.5 Å². The highest BCUT2D eigenvalue weighted by atomic mass is 35.5. The van der Waals surface area contributed by atoms with Crippen LogP contribution in [0.1, 0.15) is 6.42 Å². The monoisotopic (exact) mass is 301 g/mol. The second-order valence-electron chi connectivity index (χ2n) is 3.06. The lowest BCUT2D eigenvalue weighted by atomic mass is 10.3. The van der Waals surface area contributed by atoms with Crippen LogP contribution in [0.25, 0.3) is 0 Å². The largest absolute Gasteiger partial charge is 0.282 e. The van der Waals surface area contributed by atoms with Crippen molar-refractivity contribution in [3.05, 3.63) is 28.2 Å². The van der Waals surface area contributed by atoms with Crippen LogP contribution in [-0.2, 0) is 10.0 Å². The fourth-order valence-electron chi connectivity index (χ4n) is 1.05. The Labute approximate surface area is 110 Å². The molecule has 0 aliphatic carbocycles. The van der Waals surface area contributed by atoms with E-state index >= 15 is 0 Å². The van der Waals surface area contributed by atoms with Crippen molar-refractivity contribution in [3.63, 3.8) is 0 Å². The van der Waals surface area contributed by atoms with E-state index in [1.807, 2.05) is 0 Å². The number of nitrogens with one attached hydrogen (secondary N) is 1. The summed E-state index contributed by atoms with van der Waals surface area (Å²) in [5, 5.41) is 0.498. The first kappa shape index (κ1) is 13.9. The summed E-state index contributed by atoms with van der Waals surface area (Å²) >= 11 is 17.0. The van der Waals surface area contributed by atoms with Gasteiger partial charge in [0.05, 0.1) is 21.5 Å². The smallest absolute Gasteiger partial charge is 0.232 e. The lowest BCUT2D eigenvalue weighted by Crippen LogP contribution is -2.17. The molecule has 0 aliphatic rings. The van der Waals surface area contributed by atoms with Crippen molar-refractivity contribution in [2.24, 2.45) is 0 Å². The third-order valence-corrected chi connectivity index (χ3v) is 4.21. The van der Waals surface area contributed by atoms with Gasteiger partial charge in [0.25, 0.3) is 0 Å². The van der Waals surface area contributed by atoms with E-state index in [9.17, 15) is 8.42 Å². The van der Waals surface area contributed by atoms with Crippen molar-refractivity contribution in [2.45, 2.75) is 6.42 Å². The van der Waals surface area contributed by atoms with Crippen molar-refractivity contribution in [1.82, 2.24) is 0 Å². The molecule has 16 heavy (non-hydrogen) atoms. The van der Waals surface area contributed by atoms with Gasteiger partial charge in [-0.2, -0.15) is 0 Å². The zero-order chi connectivity index (χ0) is 12.2. The van der Waals surface area contributed by atoms with E-state index < -0.39 is 10.0 Å². The highest BCUT2D eigenvalue weighted by Crippen LogP contribution is 2.30. The molecular weight excluding hydrogens is 293 g/mol. The molecule has 90 valence electrons. The van der Waals surface area contributed by atoms with Gasteiger partial charge in [0.2, 0.25) is 10.0 Å². The molecule has 0 heterocycles. The molecule has 7 heteroatoms. The number of hydrogen-bond donors (Lipinski definition) is 1. The van der Waals surface area contributed by atoms with Gasteiger partial charge in [0.15, 0.2) is 0 Å². The highest BCUT2D eigenvalue weighted by molar-refractivity contribution is 7.92. The number of hydrogen-bond acceptors (Lipinski definition) is 2. The lowest BCUT2D eigenvalue weighted by molar-refractivity contribution is 0.600. The Balaban J connectivity index is 2.84. The normalized spacial score (nSPS) is 11.4. The summed E-state index contributed by atoms with van der Waals surface area (Å²) in [5.74, 6) is 0.254. The maximum atomic E-state index is 11.6. The standard InChI is InChI=1S/C9H10Cl3NO2S/c10-5-2-6-16(14,15)13-8-4-1-3-7(11)9(8)12/h1,3-4,13H,2,5-6H2. The summed E-state index contributed by atoms with van der Waals surface area (Å²) in [6.07, 6.45) is 0.384. The minimum absolute atomic E-state index is 0.0423. The van der Waals surface area contributed by atoms with Crippen molar-refractivity contribution < 1.29 is 8.42 Å². The maximum Gasteiger partial charge on any atom is 0.232 e. The Hall–Kier alpha value is -0.160. The molecule has 0 saturated carbocycles. The molecule has 1 N–H and O–H groups in total. The summed E-state index contributed by atoms with van der Waals surface area (Å²) < 4.78 is 25.5. The second kappa shape index (κ2) is 5.96. The fraction of sp³-hybridized carbons (Fsp3) is 0.333. The topological polar surface area (TPSA) is 46.2 Å².